The van der Waals surface area contributed by atoms with Crippen LogP contribution in [0.1, 0.15) is 6.92 Å². The zero-order valence-electron chi connectivity index (χ0n) is 19.0. The second-order valence-electron chi connectivity index (χ2n) is 7.73. The van der Waals surface area contributed by atoms with Crippen molar-refractivity contribution >= 4 is 62.4 Å². The lowest BCUT2D eigenvalue weighted by atomic mass is 10.3. The SMILES string of the molecule is CC(C(=O)NCCn1ccc2ncnc(Nc3ccc(Oc4cccc(Cl)c4)c(Cl)c3)c21)S(C)=O. The number of hydrogen-bond donors (Lipinski definition) is 2. The van der Waals surface area contributed by atoms with Gasteiger partial charge in [-0.3, -0.25) is 9.00 Å². The van der Waals surface area contributed by atoms with Crippen molar-refractivity contribution in [2.75, 3.05) is 18.1 Å². The highest BCUT2D eigenvalue weighted by Gasteiger charge is 2.16. The summed E-state index contributed by atoms with van der Waals surface area (Å²) in [6.45, 7) is 2.51. The molecule has 0 radical (unpaired) electrons. The van der Waals surface area contributed by atoms with Crippen LogP contribution in [-0.2, 0) is 22.1 Å². The van der Waals surface area contributed by atoms with Gasteiger partial charge < -0.3 is 19.9 Å². The Morgan fingerprint density at radius 2 is 2.00 bits per heavy atom. The minimum absolute atomic E-state index is 0.244. The van der Waals surface area contributed by atoms with E-state index in [1.165, 1.54) is 12.6 Å². The minimum atomic E-state index is -1.22. The van der Waals surface area contributed by atoms with E-state index in [0.29, 0.717) is 46.1 Å². The van der Waals surface area contributed by atoms with E-state index in [9.17, 15) is 9.00 Å². The van der Waals surface area contributed by atoms with Gasteiger partial charge >= 0.3 is 0 Å². The molecule has 182 valence electrons. The van der Waals surface area contributed by atoms with Gasteiger partial charge in [0, 0.05) is 47.1 Å². The first-order valence-corrected chi connectivity index (χ1v) is 13.1. The molecule has 0 spiro atoms. The lowest BCUT2D eigenvalue weighted by Crippen LogP contribution is -2.36. The Labute approximate surface area is 215 Å². The number of carbonyl (C=O) groups excluding carboxylic acids is 1. The molecule has 2 aromatic carbocycles. The highest BCUT2D eigenvalue weighted by molar-refractivity contribution is 7.85. The van der Waals surface area contributed by atoms with Crippen LogP contribution in [0.25, 0.3) is 11.0 Å². The van der Waals surface area contributed by atoms with Crippen LogP contribution in [0.15, 0.2) is 61.1 Å². The number of nitrogens with zero attached hydrogens (tertiary/aromatic N) is 3. The van der Waals surface area contributed by atoms with E-state index in [4.69, 9.17) is 27.9 Å². The number of nitrogens with one attached hydrogen (secondary N) is 2. The molecule has 2 heterocycles. The van der Waals surface area contributed by atoms with Gasteiger partial charge in [0.2, 0.25) is 5.91 Å². The number of carbonyl (C=O) groups is 1. The van der Waals surface area contributed by atoms with Crippen molar-refractivity contribution in [2.24, 2.45) is 0 Å². The van der Waals surface area contributed by atoms with Gasteiger partial charge in [-0.1, -0.05) is 29.3 Å². The summed E-state index contributed by atoms with van der Waals surface area (Å²) in [5.41, 5.74) is 2.25. The quantitative estimate of drug-likeness (QED) is 0.309. The number of benzene rings is 2. The Morgan fingerprint density at radius 1 is 1.17 bits per heavy atom. The molecule has 35 heavy (non-hydrogen) atoms. The van der Waals surface area contributed by atoms with Crippen LogP contribution in [0.2, 0.25) is 10.0 Å². The first-order chi connectivity index (χ1) is 16.8. The predicted octanol–water partition coefficient (Wildman–Crippen LogP) is 5.16. The molecule has 1 amide bonds. The molecular formula is C24H23Cl2N5O3S. The highest BCUT2D eigenvalue weighted by atomic mass is 35.5. The molecule has 0 saturated heterocycles. The number of amides is 1. The maximum atomic E-state index is 12.1. The molecule has 2 atom stereocenters. The van der Waals surface area contributed by atoms with Crippen molar-refractivity contribution in [3.63, 3.8) is 0 Å². The van der Waals surface area contributed by atoms with E-state index >= 15 is 0 Å². The van der Waals surface area contributed by atoms with Crippen molar-refractivity contribution in [1.82, 2.24) is 19.9 Å². The molecule has 2 unspecified atom stereocenters. The zero-order valence-corrected chi connectivity index (χ0v) is 21.3. The predicted molar refractivity (Wildman–Crippen MR) is 140 cm³/mol. The Bertz CT molecular complexity index is 1390. The maximum Gasteiger partial charge on any atom is 0.235 e. The number of halogens is 2. The number of anilines is 2. The summed E-state index contributed by atoms with van der Waals surface area (Å²) >= 11 is 12.5. The van der Waals surface area contributed by atoms with Crippen molar-refractivity contribution in [3.05, 3.63) is 71.1 Å². The summed E-state index contributed by atoms with van der Waals surface area (Å²) in [7, 11) is -1.22. The number of hydrogen-bond acceptors (Lipinski definition) is 6. The largest absolute Gasteiger partial charge is 0.456 e. The summed E-state index contributed by atoms with van der Waals surface area (Å²) in [5.74, 6) is 1.43. The average molecular weight is 532 g/mol. The smallest absolute Gasteiger partial charge is 0.235 e. The van der Waals surface area contributed by atoms with E-state index in [1.54, 1.807) is 43.3 Å². The minimum Gasteiger partial charge on any atom is -0.456 e. The van der Waals surface area contributed by atoms with Crippen LogP contribution in [-0.4, -0.2) is 42.7 Å². The van der Waals surface area contributed by atoms with Crippen LogP contribution in [0.4, 0.5) is 11.5 Å². The average Bonchev–Trinajstić information content (AvgIpc) is 3.24. The standard InChI is InChI=1S/C24H23Cl2N5O3S/c1-15(35(2)33)24(32)27-9-11-31-10-8-20-22(31)23(29-14-28-20)30-17-6-7-21(19(26)13-17)34-18-5-3-4-16(25)12-18/h3-8,10,12-15H,9,11H2,1-2H3,(H,27,32)(H,28,29,30). The van der Waals surface area contributed by atoms with Crippen molar-refractivity contribution in [2.45, 2.75) is 18.7 Å². The first kappa shape index (κ1) is 25.0. The van der Waals surface area contributed by atoms with Gasteiger partial charge in [0.15, 0.2) is 5.82 Å². The van der Waals surface area contributed by atoms with E-state index in [1.807, 2.05) is 22.9 Å². The molecule has 4 aromatic rings. The monoisotopic (exact) mass is 531 g/mol. The molecule has 0 aliphatic carbocycles. The third-order valence-corrected chi connectivity index (χ3v) is 7.03. The summed E-state index contributed by atoms with van der Waals surface area (Å²) in [6.07, 6.45) is 4.88. The molecule has 11 heteroatoms. The van der Waals surface area contributed by atoms with Gasteiger partial charge in [-0.05, 0) is 49.4 Å². The van der Waals surface area contributed by atoms with Crippen LogP contribution in [0, 0.1) is 0 Å². The highest BCUT2D eigenvalue weighted by Crippen LogP contribution is 2.34. The Morgan fingerprint density at radius 3 is 2.74 bits per heavy atom. The maximum absolute atomic E-state index is 12.1. The topological polar surface area (TPSA) is 98.1 Å². The summed E-state index contributed by atoms with van der Waals surface area (Å²) < 4.78 is 19.3. The Balaban J connectivity index is 1.49. The second kappa shape index (κ2) is 11.1. The van der Waals surface area contributed by atoms with Gasteiger partial charge in [0.1, 0.15) is 28.6 Å². The van der Waals surface area contributed by atoms with Crippen LogP contribution >= 0.6 is 23.2 Å². The second-order valence-corrected chi connectivity index (χ2v) is 10.3. The molecule has 2 aromatic heterocycles. The first-order valence-electron chi connectivity index (χ1n) is 10.7. The van der Waals surface area contributed by atoms with Gasteiger partial charge in [-0.25, -0.2) is 9.97 Å². The van der Waals surface area contributed by atoms with Crippen molar-refractivity contribution in [1.29, 1.82) is 0 Å². The van der Waals surface area contributed by atoms with Gasteiger partial charge in [-0.2, -0.15) is 0 Å². The third kappa shape index (κ3) is 6.11. The summed E-state index contributed by atoms with van der Waals surface area (Å²) in [4.78, 5) is 20.8. The fourth-order valence-corrected chi connectivity index (χ4v) is 4.14. The van der Waals surface area contributed by atoms with E-state index < -0.39 is 16.0 Å². The number of fused-ring (bicyclic) bond motifs is 1. The van der Waals surface area contributed by atoms with E-state index in [0.717, 1.165) is 11.0 Å². The van der Waals surface area contributed by atoms with Crippen LogP contribution < -0.4 is 15.4 Å². The zero-order chi connectivity index (χ0) is 24.9. The van der Waals surface area contributed by atoms with Gasteiger partial charge in [0.05, 0.1) is 10.5 Å². The lowest BCUT2D eigenvalue weighted by molar-refractivity contribution is -0.120. The van der Waals surface area contributed by atoms with E-state index in [2.05, 4.69) is 20.6 Å². The fourth-order valence-electron chi connectivity index (χ4n) is 3.36. The third-order valence-electron chi connectivity index (χ3n) is 5.29. The number of aromatic nitrogens is 3. The Hall–Kier alpha value is -3.14. The van der Waals surface area contributed by atoms with E-state index in [-0.39, 0.29) is 5.91 Å². The lowest BCUT2D eigenvalue weighted by Gasteiger charge is -2.13. The molecule has 8 nitrogen and oxygen atoms in total. The normalized spacial score (nSPS) is 12.8. The molecule has 4 rings (SSSR count). The fraction of sp³-hybridized carbons (Fsp3) is 0.208. The van der Waals surface area contributed by atoms with Crippen LogP contribution in [0.3, 0.4) is 0 Å². The number of rotatable bonds is 9. The molecular weight excluding hydrogens is 509 g/mol. The summed E-state index contributed by atoms with van der Waals surface area (Å²) in [6, 6.07) is 14.3. The summed E-state index contributed by atoms with van der Waals surface area (Å²) in [5, 5.41) is 6.53. The number of ether oxygens (including phenoxy) is 1. The molecule has 0 fully saturated rings. The molecule has 0 bridgehead atoms. The van der Waals surface area contributed by atoms with Crippen LogP contribution in [0.5, 0.6) is 11.5 Å². The Kier molecular flexibility index (Phi) is 7.90. The van der Waals surface area contributed by atoms with Gasteiger partial charge in [0.25, 0.3) is 0 Å². The van der Waals surface area contributed by atoms with Crippen molar-refractivity contribution in [3.8, 4) is 11.5 Å². The molecule has 0 saturated carbocycles. The molecule has 0 aliphatic rings. The van der Waals surface area contributed by atoms with Crippen molar-refractivity contribution < 1.29 is 13.7 Å². The molecule has 2 N–H and O–H groups in total. The van der Waals surface area contributed by atoms with Gasteiger partial charge in [-0.15, -0.1) is 0 Å². The molecule has 0 aliphatic heterocycles.